The zero-order valence-electron chi connectivity index (χ0n) is 10.9. The molecule has 3 nitrogen and oxygen atoms in total. The Balaban J connectivity index is 1.91. The number of carboxylic acids is 1. The van der Waals surface area contributed by atoms with Gasteiger partial charge < -0.3 is 10.0 Å². The van der Waals surface area contributed by atoms with E-state index in [2.05, 4.69) is 42.2 Å². The summed E-state index contributed by atoms with van der Waals surface area (Å²) in [5, 5.41) is 8.71. The highest BCUT2D eigenvalue weighted by atomic mass is 16.4. The monoisotopic (exact) mass is 247 g/mol. The molecule has 0 amide bonds. The molecule has 2 atom stereocenters. The van der Waals surface area contributed by atoms with E-state index in [1.807, 2.05) is 0 Å². The minimum absolute atomic E-state index is 0.253. The lowest BCUT2D eigenvalue weighted by Crippen LogP contribution is -2.39. The average molecular weight is 247 g/mol. The molecule has 0 bridgehead atoms. The number of benzene rings is 1. The quantitative estimate of drug-likeness (QED) is 0.889. The first-order chi connectivity index (χ1) is 8.66. The molecule has 1 aromatic carbocycles. The van der Waals surface area contributed by atoms with E-state index in [9.17, 15) is 4.79 Å². The van der Waals surface area contributed by atoms with E-state index < -0.39 is 5.97 Å². The highest BCUT2D eigenvalue weighted by Gasteiger charge is 2.26. The van der Waals surface area contributed by atoms with Crippen LogP contribution < -0.4 is 0 Å². The van der Waals surface area contributed by atoms with Gasteiger partial charge in [-0.05, 0) is 30.4 Å². The first-order valence-corrected chi connectivity index (χ1v) is 6.66. The molecule has 1 saturated heterocycles. The van der Waals surface area contributed by atoms with E-state index in [-0.39, 0.29) is 6.42 Å². The minimum atomic E-state index is -0.701. The number of aliphatic carboxylic acids is 1. The maximum atomic E-state index is 10.6. The number of carboxylic acid groups (broad SMARTS) is 1. The zero-order valence-corrected chi connectivity index (χ0v) is 10.9. The topological polar surface area (TPSA) is 40.5 Å². The Labute approximate surface area is 108 Å². The van der Waals surface area contributed by atoms with Gasteiger partial charge in [-0.3, -0.25) is 4.79 Å². The number of hydrogen-bond donors (Lipinski definition) is 1. The van der Waals surface area contributed by atoms with Gasteiger partial charge in [0.25, 0.3) is 0 Å². The van der Waals surface area contributed by atoms with Crippen LogP contribution in [0.25, 0.3) is 0 Å². The van der Waals surface area contributed by atoms with Crippen molar-refractivity contribution in [2.75, 3.05) is 19.6 Å². The second-order valence-electron chi connectivity index (χ2n) is 5.23. The molecule has 18 heavy (non-hydrogen) atoms. The van der Waals surface area contributed by atoms with Crippen molar-refractivity contribution in [1.29, 1.82) is 0 Å². The van der Waals surface area contributed by atoms with Crippen LogP contribution in [0.2, 0.25) is 0 Å². The van der Waals surface area contributed by atoms with E-state index >= 15 is 0 Å². The van der Waals surface area contributed by atoms with Gasteiger partial charge in [-0.15, -0.1) is 0 Å². The first kappa shape index (κ1) is 13.1. The van der Waals surface area contributed by atoms with Gasteiger partial charge in [-0.2, -0.15) is 0 Å². The van der Waals surface area contributed by atoms with Gasteiger partial charge in [0.15, 0.2) is 0 Å². The number of carbonyl (C=O) groups is 1. The van der Waals surface area contributed by atoms with Gasteiger partial charge in [0.1, 0.15) is 0 Å². The second-order valence-corrected chi connectivity index (χ2v) is 5.23. The number of rotatable bonds is 4. The van der Waals surface area contributed by atoms with Gasteiger partial charge >= 0.3 is 5.97 Å². The third kappa shape index (κ3) is 3.33. The van der Waals surface area contributed by atoms with Crippen molar-refractivity contribution in [2.45, 2.75) is 25.7 Å². The molecule has 0 saturated carbocycles. The van der Waals surface area contributed by atoms with Crippen molar-refractivity contribution in [1.82, 2.24) is 4.90 Å². The third-order valence-corrected chi connectivity index (χ3v) is 3.86. The highest BCUT2D eigenvalue weighted by molar-refractivity contribution is 5.66. The van der Waals surface area contributed by atoms with Crippen LogP contribution in [-0.2, 0) is 4.79 Å². The van der Waals surface area contributed by atoms with Crippen LogP contribution in [0.4, 0.5) is 0 Å². The molecule has 1 aromatic rings. The predicted molar refractivity (Wildman–Crippen MR) is 71.7 cm³/mol. The largest absolute Gasteiger partial charge is 0.481 e. The molecular formula is C15H21NO2. The summed E-state index contributed by atoms with van der Waals surface area (Å²) in [6.45, 7) is 4.97. The fourth-order valence-electron chi connectivity index (χ4n) is 2.88. The van der Waals surface area contributed by atoms with E-state index in [0.717, 1.165) is 19.5 Å². The van der Waals surface area contributed by atoms with E-state index in [4.69, 9.17) is 5.11 Å². The van der Waals surface area contributed by atoms with Crippen LogP contribution in [-0.4, -0.2) is 35.6 Å². The summed E-state index contributed by atoms with van der Waals surface area (Å²) in [6, 6.07) is 10.6. The Morgan fingerprint density at radius 1 is 1.39 bits per heavy atom. The van der Waals surface area contributed by atoms with Gasteiger partial charge in [-0.1, -0.05) is 37.3 Å². The van der Waals surface area contributed by atoms with Gasteiger partial charge in [-0.25, -0.2) is 0 Å². The molecule has 2 rings (SSSR count). The number of piperidine rings is 1. The molecule has 1 aliphatic rings. The van der Waals surface area contributed by atoms with Crippen LogP contribution >= 0.6 is 0 Å². The first-order valence-electron chi connectivity index (χ1n) is 6.66. The molecule has 1 N–H and O–H groups in total. The minimum Gasteiger partial charge on any atom is -0.481 e. The van der Waals surface area contributed by atoms with Crippen LogP contribution in [0.5, 0.6) is 0 Å². The van der Waals surface area contributed by atoms with Crippen LogP contribution in [0, 0.1) is 5.92 Å². The van der Waals surface area contributed by atoms with E-state index in [1.54, 1.807) is 0 Å². The fourth-order valence-corrected chi connectivity index (χ4v) is 2.88. The highest BCUT2D eigenvalue weighted by Crippen LogP contribution is 2.32. The number of likely N-dealkylation sites (tertiary alicyclic amines) is 1. The summed E-state index contributed by atoms with van der Waals surface area (Å²) in [6.07, 6.45) is 1.38. The maximum Gasteiger partial charge on any atom is 0.304 e. The van der Waals surface area contributed by atoms with Gasteiger partial charge in [0, 0.05) is 13.1 Å². The van der Waals surface area contributed by atoms with Gasteiger partial charge in [0.2, 0.25) is 0 Å². The third-order valence-electron chi connectivity index (χ3n) is 3.86. The summed E-state index contributed by atoms with van der Waals surface area (Å²) in [5.41, 5.74) is 1.42. The van der Waals surface area contributed by atoms with Crippen molar-refractivity contribution >= 4 is 5.97 Å². The normalized spacial score (nSPS) is 24.9. The number of nitrogens with zero attached hydrogens (tertiary/aromatic N) is 1. The molecule has 3 heteroatoms. The SMILES string of the molecule is C[C@H]1CN(CCC(=O)O)CC[C@H]1c1ccccc1. The van der Waals surface area contributed by atoms with Crippen LogP contribution in [0.3, 0.4) is 0 Å². The Hall–Kier alpha value is -1.35. The standard InChI is InChI=1S/C15H21NO2/c1-12-11-16(10-8-15(17)18)9-7-14(12)13-5-3-2-4-6-13/h2-6,12,14H,7-11H2,1H3,(H,17,18)/t12-,14+/m0/s1. The molecule has 0 unspecified atom stereocenters. The Morgan fingerprint density at radius 2 is 2.11 bits per heavy atom. The number of hydrogen-bond acceptors (Lipinski definition) is 2. The summed E-state index contributed by atoms with van der Waals surface area (Å²) in [5.74, 6) is 0.509. The van der Waals surface area contributed by atoms with Crippen LogP contribution in [0.1, 0.15) is 31.2 Å². The maximum absolute atomic E-state index is 10.6. The van der Waals surface area contributed by atoms with E-state index in [1.165, 1.54) is 5.56 Å². The lowest BCUT2D eigenvalue weighted by molar-refractivity contribution is -0.137. The smallest absolute Gasteiger partial charge is 0.304 e. The predicted octanol–water partition coefficient (Wildman–Crippen LogP) is 2.59. The molecule has 1 aliphatic heterocycles. The molecule has 1 fully saturated rings. The van der Waals surface area contributed by atoms with Crippen molar-refractivity contribution in [3.05, 3.63) is 35.9 Å². The summed E-state index contributed by atoms with van der Waals surface area (Å²) in [7, 11) is 0. The van der Waals surface area contributed by atoms with Crippen LogP contribution in [0.15, 0.2) is 30.3 Å². The molecule has 98 valence electrons. The summed E-state index contributed by atoms with van der Waals surface area (Å²) < 4.78 is 0. The lowest BCUT2D eigenvalue weighted by atomic mass is 9.81. The molecular weight excluding hydrogens is 226 g/mol. The molecule has 0 spiro atoms. The fraction of sp³-hybridized carbons (Fsp3) is 0.533. The molecule has 0 aliphatic carbocycles. The Bertz CT molecular complexity index is 391. The molecule has 1 heterocycles. The zero-order chi connectivity index (χ0) is 13.0. The van der Waals surface area contributed by atoms with Gasteiger partial charge in [0.05, 0.1) is 6.42 Å². The van der Waals surface area contributed by atoms with Crippen molar-refractivity contribution in [3.8, 4) is 0 Å². The van der Waals surface area contributed by atoms with E-state index in [0.29, 0.717) is 18.4 Å². The second kappa shape index (κ2) is 6.01. The van der Waals surface area contributed by atoms with Crippen molar-refractivity contribution < 1.29 is 9.90 Å². The summed E-state index contributed by atoms with van der Waals surface area (Å²) in [4.78, 5) is 12.9. The summed E-state index contributed by atoms with van der Waals surface area (Å²) >= 11 is 0. The van der Waals surface area contributed by atoms with Crippen molar-refractivity contribution in [2.24, 2.45) is 5.92 Å². The lowest BCUT2D eigenvalue weighted by Gasteiger charge is -2.37. The Kier molecular flexibility index (Phi) is 4.37. The average Bonchev–Trinajstić information content (AvgIpc) is 2.37. The Morgan fingerprint density at radius 3 is 2.72 bits per heavy atom. The molecule has 0 radical (unpaired) electrons. The van der Waals surface area contributed by atoms with Crippen molar-refractivity contribution in [3.63, 3.8) is 0 Å². The molecule has 0 aromatic heterocycles.